The number of carbonyl (C=O) groups excluding carboxylic acids is 1. The summed E-state index contributed by atoms with van der Waals surface area (Å²) < 4.78 is 11.6. The first-order valence-electron chi connectivity index (χ1n) is 10.6. The zero-order valence-electron chi connectivity index (χ0n) is 18.6. The molecule has 0 radical (unpaired) electrons. The van der Waals surface area contributed by atoms with Gasteiger partial charge in [-0.25, -0.2) is 4.98 Å². The highest BCUT2D eigenvalue weighted by atomic mass is 32.2. The number of fused-ring (bicyclic) bond motifs is 1. The Hall–Kier alpha value is -3.46. The van der Waals surface area contributed by atoms with Crippen LogP contribution in [0, 0.1) is 0 Å². The third kappa shape index (κ3) is 5.14. The highest BCUT2D eigenvalue weighted by Crippen LogP contribution is 2.24. The molecule has 0 saturated carbocycles. The predicted octanol–water partition coefficient (Wildman–Crippen LogP) is 4.43. The Balaban J connectivity index is 1.56. The Morgan fingerprint density at radius 3 is 2.61 bits per heavy atom. The number of para-hydroxylation sites is 1. The average molecular weight is 465 g/mol. The van der Waals surface area contributed by atoms with Crippen molar-refractivity contribution in [2.45, 2.75) is 43.6 Å². The minimum absolute atomic E-state index is 0.0705. The number of rotatable bonds is 8. The van der Waals surface area contributed by atoms with Crippen LogP contribution in [-0.2, 0) is 21.8 Å². The molecule has 2 heterocycles. The highest BCUT2D eigenvalue weighted by molar-refractivity contribution is 7.98. The van der Waals surface area contributed by atoms with Crippen molar-refractivity contribution in [2.24, 2.45) is 0 Å². The molecule has 0 atom stereocenters. The van der Waals surface area contributed by atoms with Crippen LogP contribution in [-0.4, -0.2) is 32.8 Å². The second-order valence-electron chi connectivity index (χ2n) is 7.77. The summed E-state index contributed by atoms with van der Waals surface area (Å²) in [5.74, 6) is 1.32. The molecule has 0 bridgehead atoms. The summed E-state index contributed by atoms with van der Waals surface area (Å²) in [6, 6.07) is 15.2. The van der Waals surface area contributed by atoms with Gasteiger partial charge in [0, 0.05) is 12.1 Å². The van der Waals surface area contributed by atoms with Gasteiger partial charge in [-0.3, -0.25) is 14.2 Å². The van der Waals surface area contributed by atoms with Crippen molar-refractivity contribution in [3.8, 4) is 11.4 Å². The molecule has 8 nitrogen and oxygen atoms in total. The average Bonchev–Trinajstić information content (AvgIpc) is 3.31. The molecule has 0 fully saturated rings. The lowest BCUT2D eigenvalue weighted by atomic mass is 10.0. The van der Waals surface area contributed by atoms with Crippen LogP contribution < -0.4 is 5.56 Å². The summed E-state index contributed by atoms with van der Waals surface area (Å²) in [5.41, 5.74) is 2.50. The molecule has 2 aromatic carbocycles. The molecule has 0 aliphatic rings. The lowest BCUT2D eigenvalue weighted by molar-refractivity contribution is -0.140. The minimum atomic E-state index is -0.393. The van der Waals surface area contributed by atoms with Crippen molar-refractivity contribution in [2.75, 3.05) is 7.11 Å². The van der Waals surface area contributed by atoms with Crippen LogP contribution in [0.15, 0.2) is 63.0 Å². The van der Waals surface area contributed by atoms with Gasteiger partial charge in [-0.1, -0.05) is 67.2 Å². The van der Waals surface area contributed by atoms with E-state index in [-0.39, 0.29) is 18.5 Å². The predicted molar refractivity (Wildman–Crippen MR) is 126 cm³/mol. The standard InChI is InChI=1S/C24H24N4O4S/c1-15(2)16-8-10-17(11-9-16)22-26-20(32-27-22)14-33-24-25-19-7-5-4-6-18(19)23(30)28(24)13-12-21(29)31-3/h4-11,15H,12-14H2,1-3H3. The molecule has 0 N–H and O–H groups in total. The normalized spacial score (nSPS) is 11.3. The van der Waals surface area contributed by atoms with Crippen molar-refractivity contribution in [1.82, 2.24) is 19.7 Å². The maximum Gasteiger partial charge on any atom is 0.307 e. The lowest BCUT2D eigenvalue weighted by Gasteiger charge is -2.12. The van der Waals surface area contributed by atoms with Crippen molar-refractivity contribution in [3.63, 3.8) is 0 Å². The first-order valence-corrected chi connectivity index (χ1v) is 11.6. The van der Waals surface area contributed by atoms with Crippen LogP contribution in [0.5, 0.6) is 0 Å². The quantitative estimate of drug-likeness (QED) is 0.215. The van der Waals surface area contributed by atoms with E-state index in [0.29, 0.717) is 39.4 Å². The highest BCUT2D eigenvalue weighted by Gasteiger charge is 2.15. The topological polar surface area (TPSA) is 100 Å². The number of methoxy groups -OCH3 is 1. The molecule has 0 aliphatic heterocycles. The smallest absolute Gasteiger partial charge is 0.307 e. The first-order chi connectivity index (χ1) is 16.0. The summed E-state index contributed by atoms with van der Waals surface area (Å²) in [6.07, 6.45) is 0.0705. The van der Waals surface area contributed by atoms with Gasteiger partial charge in [-0.15, -0.1) is 0 Å². The van der Waals surface area contributed by atoms with E-state index in [1.165, 1.54) is 29.0 Å². The van der Waals surface area contributed by atoms with E-state index in [4.69, 9.17) is 9.26 Å². The molecule has 9 heteroatoms. The van der Waals surface area contributed by atoms with Crippen LogP contribution in [0.3, 0.4) is 0 Å². The van der Waals surface area contributed by atoms with Crippen LogP contribution in [0.25, 0.3) is 22.3 Å². The third-order valence-corrected chi connectivity index (χ3v) is 6.18. The van der Waals surface area contributed by atoms with Crippen molar-refractivity contribution < 1.29 is 14.1 Å². The molecule has 0 unspecified atom stereocenters. The fourth-order valence-corrected chi connectivity index (χ4v) is 4.20. The number of thioether (sulfide) groups is 1. The van der Waals surface area contributed by atoms with Gasteiger partial charge in [0.25, 0.3) is 5.56 Å². The zero-order chi connectivity index (χ0) is 23.4. The molecule has 0 amide bonds. The number of nitrogens with zero attached hydrogens (tertiary/aromatic N) is 4. The molecular weight excluding hydrogens is 440 g/mol. The molecule has 0 aliphatic carbocycles. The molecule has 4 aromatic rings. The fraction of sp³-hybridized carbons (Fsp3) is 0.292. The summed E-state index contributed by atoms with van der Waals surface area (Å²) in [5, 5.41) is 5.06. The largest absolute Gasteiger partial charge is 0.469 e. The van der Waals surface area contributed by atoms with Gasteiger partial charge < -0.3 is 9.26 Å². The fourth-order valence-electron chi connectivity index (χ4n) is 3.33. The first kappa shape index (κ1) is 22.7. The molecule has 4 rings (SSSR count). The van der Waals surface area contributed by atoms with Crippen LogP contribution in [0.4, 0.5) is 0 Å². The Kier molecular flexibility index (Phi) is 6.88. The number of aromatic nitrogens is 4. The monoisotopic (exact) mass is 464 g/mol. The van der Waals surface area contributed by atoms with Gasteiger partial charge in [0.05, 0.1) is 30.2 Å². The van der Waals surface area contributed by atoms with Gasteiger partial charge >= 0.3 is 5.97 Å². The SMILES string of the molecule is COC(=O)CCn1c(SCc2nc(-c3ccc(C(C)C)cc3)no2)nc2ccccc2c1=O. The molecule has 0 saturated heterocycles. The molecule has 33 heavy (non-hydrogen) atoms. The Bertz CT molecular complexity index is 1330. The van der Waals surface area contributed by atoms with Gasteiger partial charge in [-0.05, 0) is 23.6 Å². The summed E-state index contributed by atoms with van der Waals surface area (Å²) in [7, 11) is 1.32. The van der Waals surface area contributed by atoms with E-state index in [1.807, 2.05) is 18.2 Å². The summed E-state index contributed by atoms with van der Waals surface area (Å²) in [4.78, 5) is 33.8. The maximum atomic E-state index is 13.0. The van der Waals surface area contributed by atoms with Gasteiger partial charge in [0.2, 0.25) is 11.7 Å². The Labute approximate surface area is 195 Å². The number of esters is 1. The summed E-state index contributed by atoms with van der Waals surface area (Å²) >= 11 is 1.31. The second-order valence-corrected chi connectivity index (χ2v) is 8.71. The van der Waals surface area contributed by atoms with E-state index < -0.39 is 5.97 Å². The number of hydrogen-bond donors (Lipinski definition) is 0. The zero-order valence-corrected chi connectivity index (χ0v) is 19.5. The van der Waals surface area contributed by atoms with E-state index in [9.17, 15) is 9.59 Å². The van der Waals surface area contributed by atoms with E-state index >= 15 is 0 Å². The maximum absolute atomic E-state index is 13.0. The number of ether oxygens (including phenoxy) is 1. The molecular formula is C24H24N4O4S. The number of carbonyl (C=O) groups is 1. The van der Waals surface area contributed by atoms with Gasteiger partial charge in [-0.2, -0.15) is 4.98 Å². The van der Waals surface area contributed by atoms with E-state index in [1.54, 1.807) is 18.2 Å². The van der Waals surface area contributed by atoms with Gasteiger partial charge in [0.1, 0.15) is 0 Å². The van der Waals surface area contributed by atoms with Crippen molar-refractivity contribution >= 4 is 28.6 Å². The molecule has 170 valence electrons. The van der Waals surface area contributed by atoms with Crippen molar-refractivity contribution in [3.05, 3.63) is 70.3 Å². The Morgan fingerprint density at radius 2 is 1.88 bits per heavy atom. The van der Waals surface area contributed by atoms with Crippen LogP contribution >= 0.6 is 11.8 Å². The van der Waals surface area contributed by atoms with Crippen LogP contribution in [0.1, 0.15) is 37.6 Å². The number of hydrogen-bond acceptors (Lipinski definition) is 8. The lowest BCUT2D eigenvalue weighted by Crippen LogP contribution is -2.24. The minimum Gasteiger partial charge on any atom is -0.469 e. The van der Waals surface area contributed by atoms with Crippen LogP contribution in [0.2, 0.25) is 0 Å². The second kappa shape index (κ2) is 9.99. The van der Waals surface area contributed by atoms with E-state index in [2.05, 4.69) is 41.1 Å². The number of benzene rings is 2. The van der Waals surface area contributed by atoms with Gasteiger partial charge in [0.15, 0.2) is 5.16 Å². The molecule has 0 spiro atoms. The Morgan fingerprint density at radius 1 is 1.12 bits per heavy atom. The van der Waals surface area contributed by atoms with Crippen molar-refractivity contribution in [1.29, 1.82) is 0 Å². The summed E-state index contributed by atoms with van der Waals surface area (Å²) in [6.45, 7) is 4.46. The molecule has 2 aromatic heterocycles. The third-order valence-electron chi connectivity index (χ3n) is 5.22. The van der Waals surface area contributed by atoms with E-state index in [0.717, 1.165) is 5.56 Å².